The number of methoxy groups -OCH3 is 2. The number of benzene rings is 2. The molecular formula is C23H25N5O3. The molecule has 3 N–H and O–H groups in total. The van der Waals surface area contributed by atoms with Crippen LogP contribution < -0.4 is 20.5 Å². The van der Waals surface area contributed by atoms with E-state index in [-0.39, 0.29) is 12.3 Å². The van der Waals surface area contributed by atoms with Crippen molar-refractivity contribution < 1.29 is 14.3 Å². The van der Waals surface area contributed by atoms with Crippen molar-refractivity contribution in [2.45, 2.75) is 19.3 Å². The van der Waals surface area contributed by atoms with Crippen molar-refractivity contribution in [3.8, 4) is 23.3 Å². The summed E-state index contributed by atoms with van der Waals surface area (Å²) in [6.07, 6.45) is 1.33. The van der Waals surface area contributed by atoms with E-state index in [1.165, 1.54) is 0 Å². The van der Waals surface area contributed by atoms with E-state index in [2.05, 4.69) is 16.5 Å². The summed E-state index contributed by atoms with van der Waals surface area (Å²) in [6, 6.07) is 16.9. The summed E-state index contributed by atoms with van der Waals surface area (Å²) in [4.78, 5) is 12.4. The number of aryl methyl sites for hydroxylation is 1. The Bertz CT molecular complexity index is 1090. The van der Waals surface area contributed by atoms with E-state index in [4.69, 9.17) is 15.2 Å². The fourth-order valence-corrected chi connectivity index (χ4v) is 3.28. The number of carbonyl (C=O) groups is 1. The molecule has 0 unspecified atom stereocenters. The number of nitrogens with two attached hydrogens (primary N) is 1. The lowest BCUT2D eigenvalue weighted by atomic mass is 10.1. The lowest BCUT2D eigenvalue weighted by molar-refractivity contribution is -0.120. The van der Waals surface area contributed by atoms with Gasteiger partial charge < -0.3 is 20.5 Å². The van der Waals surface area contributed by atoms with Gasteiger partial charge in [-0.2, -0.15) is 10.4 Å². The highest BCUT2D eigenvalue weighted by molar-refractivity contribution is 5.79. The van der Waals surface area contributed by atoms with Gasteiger partial charge in [0.2, 0.25) is 5.91 Å². The summed E-state index contributed by atoms with van der Waals surface area (Å²) >= 11 is 0. The van der Waals surface area contributed by atoms with Crippen LogP contribution in [0.1, 0.15) is 23.2 Å². The van der Waals surface area contributed by atoms with Crippen LogP contribution in [-0.4, -0.2) is 36.5 Å². The maximum absolute atomic E-state index is 12.4. The topological polar surface area (TPSA) is 115 Å². The molecule has 1 aromatic heterocycles. The van der Waals surface area contributed by atoms with Crippen LogP contribution in [0.2, 0.25) is 0 Å². The Morgan fingerprint density at radius 3 is 2.65 bits per heavy atom. The first-order valence-electron chi connectivity index (χ1n) is 9.87. The number of amides is 1. The fraction of sp³-hybridized carbons (Fsp3) is 0.261. The molecule has 0 aliphatic heterocycles. The molecule has 2 aromatic carbocycles. The number of hydrogen-bond acceptors (Lipinski definition) is 6. The second-order valence-electron chi connectivity index (χ2n) is 6.87. The first-order valence-corrected chi connectivity index (χ1v) is 9.87. The molecule has 3 aromatic rings. The number of carbonyl (C=O) groups excluding carboxylic acids is 1. The van der Waals surface area contributed by atoms with Gasteiger partial charge in [-0.3, -0.25) is 4.79 Å². The van der Waals surface area contributed by atoms with Gasteiger partial charge in [0.05, 0.1) is 32.0 Å². The number of rotatable bonds is 9. The molecule has 0 bridgehead atoms. The molecule has 0 aliphatic carbocycles. The second-order valence-corrected chi connectivity index (χ2v) is 6.87. The summed E-state index contributed by atoms with van der Waals surface area (Å²) in [7, 11) is 3.14. The van der Waals surface area contributed by atoms with Crippen LogP contribution in [0.25, 0.3) is 5.69 Å². The SMILES string of the molecule is COc1ccc(OC)c(CC(=O)NCCCc2nn(-c3ccccc3)c(N)c2C#N)c1. The molecule has 31 heavy (non-hydrogen) atoms. The molecule has 0 spiro atoms. The molecule has 8 heteroatoms. The number of para-hydroxylation sites is 1. The van der Waals surface area contributed by atoms with Crippen LogP contribution in [0.3, 0.4) is 0 Å². The zero-order valence-electron chi connectivity index (χ0n) is 17.6. The van der Waals surface area contributed by atoms with E-state index < -0.39 is 0 Å². The number of hydrogen-bond donors (Lipinski definition) is 2. The molecular weight excluding hydrogens is 394 g/mol. The number of aromatic nitrogens is 2. The molecule has 1 amide bonds. The number of ether oxygens (including phenoxy) is 2. The van der Waals surface area contributed by atoms with Crippen molar-refractivity contribution in [1.82, 2.24) is 15.1 Å². The molecule has 8 nitrogen and oxygen atoms in total. The highest BCUT2D eigenvalue weighted by Crippen LogP contribution is 2.24. The smallest absolute Gasteiger partial charge is 0.224 e. The molecule has 1 heterocycles. The molecule has 0 saturated carbocycles. The predicted molar refractivity (Wildman–Crippen MR) is 117 cm³/mol. The Balaban J connectivity index is 1.58. The largest absolute Gasteiger partial charge is 0.497 e. The summed E-state index contributed by atoms with van der Waals surface area (Å²) in [6.45, 7) is 0.452. The van der Waals surface area contributed by atoms with Gasteiger partial charge >= 0.3 is 0 Å². The minimum atomic E-state index is -0.124. The van der Waals surface area contributed by atoms with Gasteiger partial charge in [0.15, 0.2) is 0 Å². The maximum Gasteiger partial charge on any atom is 0.224 e. The first kappa shape index (κ1) is 21.7. The van der Waals surface area contributed by atoms with Crippen molar-refractivity contribution in [3.05, 3.63) is 65.4 Å². The molecule has 0 saturated heterocycles. The second kappa shape index (κ2) is 10.2. The van der Waals surface area contributed by atoms with Crippen molar-refractivity contribution in [3.63, 3.8) is 0 Å². The summed E-state index contributed by atoms with van der Waals surface area (Å²) in [5, 5.41) is 16.9. The molecule has 0 atom stereocenters. The van der Waals surface area contributed by atoms with E-state index >= 15 is 0 Å². The zero-order valence-corrected chi connectivity index (χ0v) is 17.6. The Morgan fingerprint density at radius 1 is 1.19 bits per heavy atom. The lowest BCUT2D eigenvalue weighted by Gasteiger charge is -2.10. The molecule has 160 valence electrons. The van der Waals surface area contributed by atoms with Gasteiger partial charge in [-0.1, -0.05) is 18.2 Å². The quantitative estimate of drug-likeness (QED) is 0.515. The Labute approximate surface area is 181 Å². The average Bonchev–Trinajstić information content (AvgIpc) is 3.12. The van der Waals surface area contributed by atoms with Gasteiger partial charge in [0, 0.05) is 12.1 Å². The van der Waals surface area contributed by atoms with E-state index in [1.54, 1.807) is 37.1 Å². The van der Waals surface area contributed by atoms with Crippen LogP contribution >= 0.6 is 0 Å². The maximum atomic E-state index is 12.4. The van der Waals surface area contributed by atoms with Crippen LogP contribution in [0, 0.1) is 11.3 Å². The molecule has 3 rings (SSSR count). The number of nitriles is 1. The Kier molecular flexibility index (Phi) is 7.12. The molecule has 0 radical (unpaired) electrons. The molecule has 0 aliphatic rings. The van der Waals surface area contributed by atoms with E-state index in [1.807, 2.05) is 30.3 Å². The number of nitrogen functional groups attached to an aromatic ring is 1. The lowest BCUT2D eigenvalue weighted by Crippen LogP contribution is -2.26. The van der Waals surface area contributed by atoms with Crippen LogP contribution in [0.15, 0.2) is 48.5 Å². The predicted octanol–water partition coefficient (Wildman–Crippen LogP) is 2.63. The Hall–Kier alpha value is -3.99. The highest BCUT2D eigenvalue weighted by atomic mass is 16.5. The van der Waals surface area contributed by atoms with Crippen LogP contribution in [0.5, 0.6) is 11.5 Å². The normalized spacial score (nSPS) is 10.4. The van der Waals surface area contributed by atoms with Crippen molar-refractivity contribution in [2.75, 3.05) is 26.5 Å². The third kappa shape index (κ3) is 5.14. The monoisotopic (exact) mass is 419 g/mol. The summed E-state index contributed by atoms with van der Waals surface area (Å²) in [5.74, 6) is 1.50. The molecule has 0 fully saturated rings. The van der Waals surface area contributed by atoms with Gasteiger partial charge in [-0.05, 0) is 43.2 Å². The zero-order chi connectivity index (χ0) is 22.2. The number of nitrogens with zero attached hydrogens (tertiary/aromatic N) is 3. The van der Waals surface area contributed by atoms with Crippen molar-refractivity contribution >= 4 is 11.7 Å². The fourth-order valence-electron chi connectivity index (χ4n) is 3.28. The number of nitrogens with one attached hydrogen (secondary N) is 1. The van der Waals surface area contributed by atoms with Gasteiger partial charge in [0.1, 0.15) is 28.9 Å². The van der Waals surface area contributed by atoms with Gasteiger partial charge in [0.25, 0.3) is 0 Å². The number of anilines is 1. The minimum Gasteiger partial charge on any atom is -0.497 e. The minimum absolute atomic E-state index is 0.124. The summed E-state index contributed by atoms with van der Waals surface area (Å²) < 4.78 is 12.1. The van der Waals surface area contributed by atoms with Crippen LogP contribution in [0.4, 0.5) is 5.82 Å². The van der Waals surface area contributed by atoms with E-state index in [0.717, 1.165) is 11.3 Å². The van der Waals surface area contributed by atoms with Crippen molar-refractivity contribution in [1.29, 1.82) is 5.26 Å². The van der Waals surface area contributed by atoms with E-state index in [9.17, 15) is 10.1 Å². The standard InChI is InChI=1S/C23H25N5O3/c1-30-18-10-11-21(31-2)16(13-18)14-22(29)26-12-6-9-20-19(15-24)23(25)28(27-20)17-7-4-3-5-8-17/h3-5,7-8,10-11,13H,6,9,12,14,25H2,1-2H3,(H,26,29). The van der Waals surface area contributed by atoms with Gasteiger partial charge in [-0.15, -0.1) is 0 Å². The summed E-state index contributed by atoms with van der Waals surface area (Å²) in [5.41, 5.74) is 8.66. The highest BCUT2D eigenvalue weighted by Gasteiger charge is 2.16. The third-order valence-electron chi connectivity index (χ3n) is 4.86. The first-order chi connectivity index (χ1) is 15.1. The third-order valence-corrected chi connectivity index (χ3v) is 4.86. The van der Waals surface area contributed by atoms with Gasteiger partial charge in [-0.25, -0.2) is 4.68 Å². The Morgan fingerprint density at radius 2 is 1.97 bits per heavy atom. The van der Waals surface area contributed by atoms with Crippen LogP contribution in [-0.2, 0) is 17.6 Å². The average molecular weight is 419 g/mol. The van der Waals surface area contributed by atoms with Crippen molar-refractivity contribution in [2.24, 2.45) is 0 Å². The van der Waals surface area contributed by atoms with E-state index in [0.29, 0.717) is 48.0 Å².